The number of phenolic OH excluding ortho intramolecular Hbond substituents is 1. The summed E-state index contributed by atoms with van der Waals surface area (Å²) in [6.07, 6.45) is 14.5. The van der Waals surface area contributed by atoms with Crippen LogP contribution in [0, 0.1) is 35.0 Å². The second-order valence-electron chi connectivity index (χ2n) is 14.5. The smallest absolute Gasteiger partial charge is 0.340 e. The summed E-state index contributed by atoms with van der Waals surface area (Å²) >= 11 is 0. The van der Waals surface area contributed by atoms with Gasteiger partial charge >= 0.3 is 11.9 Å². The van der Waals surface area contributed by atoms with Gasteiger partial charge in [0.25, 0.3) is 0 Å². The minimum absolute atomic E-state index is 0.0372. The number of ether oxygens (including phenoxy) is 2. The quantitative estimate of drug-likeness (QED) is 0.284. The summed E-state index contributed by atoms with van der Waals surface area (Å²) in [5.74, 6) is 1.54. The van der Waals surface area contributed by atoms with Gasteiger partial charge in [0.2, 0.25) is 0 Å². The molecule has 2 N–H and O–H groups in total. The summed E-state index contributed by atoms with van der Waals surface area (Å²) in [6, 6.07) is 15.6. The van der Waals surface area contributed by atoms with E-state index in [0.717, 1.165) is 84.8 Å². The number of aromatic hydroxyl groups is 1. The molecule has 2 heterocycles. The zero-order valence-electron chi connectivity index (χ0n) is 27.2. The van der Waals surface area contributed by atoms with Crippen LogP contribution in [0.5, 0.6) is 5.75 Å². The SMILES string of the molecule is CCC/C=C1\OC(=O)C2=C(c3cc(O)ccc3-c3ccccc3)[C@@H]3CC[C@@]21[C@H]1C2=C(CC[C@@H]31)C(=CC[C@@H](CO)C1CCCC1)OC2=O. The number of allylic oxidation sites excluding steroid dienone is 5. The summed E-state index contributed by atoms with van der Waals surface area (Å²) in [6.45, 7) is 2.26. The van der Waals surface area contributed by atoms with E-state index in [1.165, 1.54) is 12.8 Å². The minimum Gasteiger partial charge on any atom is -0.508 e. The van der Waals surface area contributed by atoms with E-state index in [9.17, 15) is 19.8 Å². The maximum atomic E-state index is 14.2. The number of aliphatic hydroxyl groups is 1. The van der Waals surface area contributed by atoms with Crippen molar-refractivity contribution < 1.29 is 29.3 Å². The van der Waals surface area contributed by atoms with Crippen molar-refractivity contribution in [3.05, 3.63) is 94.5 Å². The van der Waals surface area contributed by atoms with E-state index in [1.807, 2.05) is 30.3 Å². The number of aliphatic hydroxyl groups excluding tert-OH is 1. The lowest BCUT2D eigenvalue weighted by molar-refractivity contribution is -0.135. The lowest BCUT2D eigenvalue weighted by Gasteiger charge is -2.56. The highest BCUT2D eigenvalue weighted by molar-refractivity contribution is 6.07. The number of fused-ring (bicyclic) bond motifs is 1. The van der Waals surface area contributed by atoms with Gasteiger partial charge in [-0.15, -0.1) is 0 Å². The molecule has 5 aliphatic carbocycles. The van der Waals surface area contributed by atoms with Crippen molar-refractivity contribution in [1.82, 2.24) is 0 Å². The van der Waals surface area contributed by atoms with Gasteiger partial charge in [0.1, 0.15) is 17.3 Å². The van der Waals surface area contributed by atoms with Crippen molar-refractivity contribution in [1.29, 1.82) is 0 Å². The summed E-state index contributed by atoms with van der Waals surface area (Å²) in [7, 11) is 0. The number of carbonyl (C=O) groups is 2. The molecule has 2 aliphatic heterocycles. The van der Waals surface area contributed by atoms with Crippen LogP contribution in [0.4, 0.5) is 0 Å². The highest BCUT2D eigenvalue weighted by Crippen LogP contribution is 2.72. The Hall–Kier alpha value is -3.90. The van der Waals surface area contributed by atoms with Crippen LogP contribution in [0.15, 0.2) is 88.9 Å². The van der Waals surface area contributed by atoms with Crippen LogP contribution >= 0.6 is 0 Å². The number of benzene rings is 2. The average Bonchev–Trinajstić information content (AvgIpc) is 3.82. The molecule has 47 heavy (non-hydrogen) atoms. The second kappa shape index (κ2) is 12.0. The summed E-state index contributed by atoms with van der Waals surface area (Å²) in [4.78, 5) is 28.2. The first-order valence-electron chi connectivity index (χ1n) is 17.8. The third-order valence-electron chi connectivity index (χ3n) is 12.2. The second-order valence-corrected chi connectivity index (χ2v) is 14.5. The Morgan fingerprint density at radius 2 is 1.74 bits per heavy atom. The van der Waals surface area contributed by atoms with Gasteiger partial charge in [-0.05, 0) is 109 Å². The molecular formula is C41H44O6. The Kier molecular flexibility index (Phi) is 7.75. The molecule has 0 unspecified atom stereocenters. The Balaban J connectivity index is 1.29. The van der Waals surface area contributed by atoms with Crippen LogP contribution in [-0.2, 0) is 19.1 Å². The van der Waals surface area contributed by atoms with Gasteiger partial charge in [-0.25, -0.2) is 9.59 Å². The van der Waals surface area contributed by atoms with Crippen molar-refractivity contribution in [2.45, 2.75) is 77.6 Å². The number of carbonyl (C=O) groups excluding carboxylic acids is 2. The van der Waals surface area contributed by atoms with Gasteiger partial charge in [-0.1, -0.05) is 75.4 Å². The normalized spacial score (nSPS) is 30.6. The molecule has 7 aliphatic rings. The monoisotopic (exact) mass is 632 g/mol. The van der Waals surface area contributed by atoms with E-state index in [-0.39, 0.29) is 48.0 Å². The van der Waals surface area contributed by atoms with Gasteiger partial charge in [-0.2, -0.15) is 0 Å². The summed E-state index contributed by atoms with van der Waals surface area (Å²) < 4.78 is 12.3. The van der Waals surface area contributed by atoms with Crippen LogP contribution in [0.1, 0.15) is 83.1 Å². The Morgan fingerprint density at radius 1 is 0.936 bits per heavy atom. The van der Waals surface area contributed by atoms with Crippen molar-refractivity contribution in [3.8, 4) is 16.9 Å². The summed E-state index contributed by atoms with van der Waals surface area (Å²) in [5, 5.41) is 21.0. The van der Waals surface area contributed by atoms with Crippen LogP contribution < -0.4 is 0 Å². The Bertz CT molecular complexity index is 1740. The molecule has 2 aromatic rings. The fraction of sp³-hybridized carbons (Fsp3) is 0.463. The first-order valence-corrected chi connectivity index (χ1v) is 17.8. The van der Waals surface area contributed by atoms with Crippen molar-refractivity contribution in [3.63, 3.8) is 0 Å². The molecular weight excluding hydrogens is 588 g/mol. The van der Waals surface area contributed by atoms with Crippen LogP contribution in [0.25, 0.3) is 16.7 Å². The van der Waals surface area contributed by atoms with Crippen molar-refractivity contribution >= 4 is 17.5 Å². The zero-order chi connectivity index (χ0) is 32.3. The molecule has 6 nitrogen and oxygen atoms in total. The third kappa shape index (κ3) is 4.69. The fourth-order valence-corrected chi connectivity index (χ4v) is 10.3. The molecule has 9 rings (SSSR count). The van der Waals surface area contributed by atoms with E-state index in [4.69, 9.17) is 9.47 Å². The maximum Gasteiger partial charge on any atom is 0.340 e. The summed E-state index contributed by atoms with van der Waals surface area (Å²) in [5.41, 5.74) is 5.49. The van der Waals surface area contributed by atoms with Gasteiger partial charge in [0.05, 0.1) is 11.0 Å². The molecule has 244 valence electrons. The highest BCUT2D eigenvalue weighted by atomic mass is 16.5. The van der Waals surface area contributed by atoms with Crippen LogP contribution in [-0.4, -0.2) is 28.8 Å². The standard InChI is InChI=1S/C41H44O6/c1-2-3-13-34-41-21-20-29(35(38(41)40(45)47-34)32-22-27(43)15-16-28(32)25-11-5-4-6-12-25)30-17-18-31-33(46-39(44)36(31)37(30)41)19-14-26(23-42)24-9-7-8-10-24/h4-6,11-13,15-16,19,22,24,26,29-30,37,42-43H,2-3,7-10,14,17-18,20-21,23H2,1H3/b33-19?,34-13-/t26-,29+,30-,37+,41+/m0/s1. The lowest BCUT2D eigenvalue weighted by atomic mass is 9.44. The van der Waals surface area contributed by atoms with Crippen LogP contribution in [0.2, 0.25) is 0 Å². The number of esters is 2. The first kappa shape index (κ1) is 30.4. The number of cyclic esters (lactones) is 2. The number of hydrogen-bond acceptors (Lipinski definition) is 6. The zero-order valence-corrected chi connectivity index (χ0v) is 27.2. The van der Waals surface area contributed by atoms with Crippen molar-refractivity contribution in [2.75, 3.05) is 6.61 Å². The maximum absolute atomic E-state index is 14.2. The predicted molar refractivity (Wildman–Crippen MR) is 179 cm³/mol. The average molecular weight is 633 g/mol. The van der Waals surface area contributed by atoms with E-state index in [2.05, 4.69) is 31.2 Å². The van der Waals surface area contributed by atoms with Gasteiger partial charge in [-0.3, -0.25) is 0 Å². The van der Waals surface area contributed by atoms with Crippen LogP contribution in [0.3, 0.4) is 0 Å². The number of rotatable bonds is 8. The predicted octanol–water partition coefficient (Wildman–Crippen LogP) is 8.42. The number of hydrogen-bond donors (Lipinski definition) is 2. The Morgan fingerprint density at radius 3 is 2.51 bits per heavy atom. The molecule has 2 aromatic carbocycles. The molecule has 0 radical (unpaired) electrons. The van der Waals surface area contributed by atoms with Gasteiger partial charge < -0.3 is 19.7 Å². The molecule has 1 saturated heterocycles. The molecule has 6 heteroatoms. The molecule has 2 saturated carbocycles. The van der Waals surface area contributed by atoms with E-state index in [1.54, 1.807) is 6.07 Å². The topological polar surface area (TPSA) is 93.1 Å². The van der Waals surface area contributed by atoms with Gasteiger partial charge in [0, 0.05) is 23.7 Å². The highest BCUT2D eigenvalue weighted by Gasteiger charge is 2.68. The van der Waals surface area contributed by atoms with E-state index < -0.39 is 5.41 Å². The number of phenols is 1. The number of unbranched alkanes of at least 4 members (excludes halogenated alkanes) is 1. The minimum atomic E-state index is -0.757. The largest absolute Gasteiger partial charge is 0.508 e. The fourth-order valence-electron chi connectivity index (χ4n) is 10.3. The molecule has 0 aromatic heterocycles. The van der Waals surface area contributed by atoms with Crippen molar-refractivity contribution in [2.24, 2.45) is 35.0 Å². The third-order valence-corrected chi connectivity index (χ3v) is 12.2. The molecule has 1 spiro atoms. The van der Waals surface area contributed by atoms with E-state index >= 15 is 0 Å². The molecule has 3 fully saturated rings. The first-order chi connectivity index (χ1) is 23.0. The lowest BCUT2D eigenvalue weighted by Crippen LogP contribution is -2.52. The molecule has 5 atom stereocenters. The molecule has 0 amide bonds. The Labute approximate surface area is 276 Å². The van der Waals surface area contributed by atoms with E-state index in [0.29, 0.717) is 29.4 Å². The van der Waals surface area contributed by atoms with Gasteiger partial charge in [0.15, 0.2) is 0 Å². The molecule has 2 bridgehead atoms.